The molecule has 0 aromatic heterocycles. The van der Waals surface area contributed by atoms with E-state index >= 15 is 0 Å². The number of Topliss-reactive ketones (excluding diaryl/α,β-unsaturated/α-hetero) is 1. The number of aliphatic hydroxyl groups excluding tert-OH is 1. The third kappa shape index (κ3) is 9.28. The highest BCUT2D eigenvalue weighted by molar-refractivity contribution is 8.01. The minimum absolute atomic E-state index is 0.00760. The Hall–Kier alpha value is -0.440. The largest absolute Gasteiger partial charge is 0.513 e. The number of hydrogen-bond donors (Lipinski definition) is 1. The van der Waals surface area contributed by atoms with Gasteiger partial charge in [0.05, 0.1) is 11.0 Å². The van der Waals surface area contributed by atoms with Gasteiger partial charge >= 0.3 is 0 Å². The first kappa shape index (κ1) is 16.6. The average molecular weight is 258 g/mol. The molecular formula is C14H26O2S. The van der Waals surface area contributed by atoms with E-state index in [1.54, 1.807) is 11.8 Å². The topological polar surface area (TPSA) is 37.3 Å². The molecule has 0 aromatic carbocycles. The first-order valence-corrected chi connectivity index (χ1v) is 6.86. The summed E-state index contributed by atoms with van der Waals surface area (Å²) in [6.45, 7) is 15.9. The Morgan fingerprint density at radius 1 is 1.24 bits per heavy atom. The van der Waals surface area contributed by atoms with Gasteiger partial charge in [0, 0.05) is 17.6 Å². The number of carbonyl (C=O) groups excluding carboxylic acids is 1. The minimum atomic E-state index is -0.188. The van der Waals surface area contributed by atoms with Gasteiger partial charge in [0.15, 0.2) is 0 Å². The van der Waals surface area contributed by atoms with Gasteiger partial charge < -0.3 is 5.11 Å². The molecule has 0 amide bonds. The van der Waals surface area contributed by atoms with Crippen molar-refractivity contribution >= 4 is 17.5 Å². The summed E-state index contributed by atoms with van der Waals surface area (Å²) < 4.78 is 0.00760. The van der Waals surface area contributed by atoms with Crippen molar-refractivity contribution in [1.29, 1.82) is 0 Å². The van der Waals surface area contributed by atoms with Crippen LogP contribution in [0.25, 0.3) is 0 Å². The highest BCUT2D eigenvalue weighted by Gasteiger charge is 2.28. The van der Waals surface area contributed by atoms with E-state index in [-0.39, 0.29) is 27.0 Å². The number of carbonyl (C=O) groups is 1. The summed E-state index contributed by atoms with van der Waals surface area (Å²) in [6.07, 6.45) is 0.894. The number of aliphatic hydroxyl groups is 1. The summed E-state index contributed by atoms with van der Waals surface area (Å²) >= 11 is 1.61. The molecule has 0 bridgehead atoms. The molecule has 100 valence electrons. The van der Waals surface area contributed by atoms with Crippen molar-refractivity contribution in [3.8, 4) is 0 Å². The maximum Gasteiger partial charge on any atom is 0.146 e. The van der Waals surface area contributed by atoms with Crippen LogP contribution in [0.2, 0.25) is 0 Å². The van der Waals surface area contributed by atoms with Gasteiger partial charge in [-0.1, -0.05) is 48.1 Å². The quantitative estimate of drug-likeness (QED) is 0.745. The van der Waals surface area contributed by atoms with Crippen LogP contribution in [0.15, 0.2) is 12.3 Å². The van der Waals surface area contributed by atoms with E-state index in [0.717, 1.165) is 0 Å². The molecule has 0 saturated heterocycles. The van der Waals surface area contributed by atoms with E-state index in [4.69, 9.17) is 0 Å². The Morgan fingerprint density at radius 3 is 2.00 bits per heavy atom. The number of hydrogen-bond acceptors (Lipinski definition) is 3. The maximum atomic E-state index is 12.2. The lowest BCUT2D eigenvalue weighted by molar-refractivity contribution is -0.120. The van der Waals surface area contributed by atoms with Crippen LogP contribution in [0.1, 0.15) is 54.4 Å². The van der Waals surface area contributed by atoms with E-state index in [2.05, 4.69) is 48.1 Å². The molecule has 0 rings (SSSR count). The van der Waals surface area contributed by atoms with Gasteiger partial charge in [-0.05, 0) is 5.41 Å². The number of rotatable bonds is 5. The van der Waals surface area contributed by atoms with Crippen molar-refractivity contribution in [1.82, 2.24) is 0 Å². The third-order valence-corrected chi connectivity index (χ3v) is 3.40. The number of allylic oxidation sites excluding steroid dienone is 1. The smallest absolute Gasteiger partial charge is 0.146 e. The molecule has 3 heteroatoms. The molecule has 0 radical (unpaired) electrons. The fourth-order valence-electron chi connectivity index (χ4n) is 1.50. The van der Waals surface area contributed by atoms with Gasteiger partial charge in [-0.15, -0.1) is 11.8 Å². The zero-order chi connectivity index (χ0) is 13.9. The Labute approximate surface area is 110 Å². The normalized spacial score (nSPS) is 14.5. The van der Waals surface area contributed by atoms with Crippen molar-refractivity contribution in [2.24, 2.45) is 5.41 Å². The lowest BCUT2D eigenvalue weighted by atomic mass is 9.88. The van der Waals surface area contributed by atoms with E-state index in [1.807, 2.05) is 0 Å². The molecular weight excluding hydrogens is 232 g/mol. The second-order valence-corrected chi connectivity index (χ2v) is 8.72. The van der Waals surface area contributed by atoms with E-state index in [1.165, 1.54) is 0 Å². The molecule has 0 aromatic rings. The van der Waals surface area contributed by atoms with Crippen LogP contribution in [0, 0.1) is 5.41 Å². The lowest BCUT2D eigenvalue weighted by Crippen LogP contribution is -2.27. The van der Waals surface area contributed by atoms with Gasteiger partial charge in [0.25, 0.3) is 0 Å². The summed E-state index contributed by atoms with van der Waals surface area (Å²) in [6, 6.07) is 0. The first-order chi connectivity index (χ1) is 7.41. The molecule has 0 fully saturated rings. The van der Waals surface area contributed by atoms with Crippen LogP contribution >= 0.6 is 11.8 Å². The fourth-order valence-corrected chi connectivity index (χ4v) is 2.84. The second kappa shape index (κ2) is 5.94. The molecule has 17 heavy (non-hydrogen) atoms. The molecule has 1 unspecified atom stereocenters. The van der Waals surface area contributed by atoms with Crippen LogP contribution in [-0.2, 0) is 4.79 Å². The van der Waals surface area contributed by atoms with E-state index < -0.39 is 0 Å². The Kier molecular flexibility index (Phi) is 5.79. The zero-order valence-electron chi connectivity index (χ0n) is 12.0. The zero-order valence-corrected chi connectivity index (χ0v) is 12.8. The van der Waals surface area contributed by atoms with E-state index in [9.17, 15) is 9.90 Å². The standard InChI is InChI=1S/C14H26O2S/c1-10(15)8-12(17-14(5,6)7)11(16)9-13(2,3)4/h12,15H,1,8-9H2,2-7H3. The van der Waals surface area contributed by atoms with Gasteiger partial charge in [0.2, 0.25) is 0 Å². The molecule has 1 atom stereocenters. The highest BCUT2D eigenvalue weighted by Crippen LogP contribution is 2.34. The van der Waals surface area contributed by atoms with E-state index in [0.29, 0.717) is 12.8 Å². The average Bonchev–Trinajstić information content (AvgIpc) is 1.95. The summed E-state index contributed by atoms with van der Waals surface area (Å²) in [5.41, 5.74) is -0.00936. The molecule has 1 N–H and O–H groups in total. The molecule has 0 spiro atoms. The summed E-state index contributed by atoms with van der Waals surface area (Å²) in [7, 11) is 0. The summed E-state index contributed by atoms with van der Waals surface area (Å²) in [5.74, 6) is 0.293. The first-order valence-electron chi connectivity index (χ1n) is 5.98. The Balaban J connectivity index is 4.68. The predicted octanol–water partition coefficient (Wildman–Crippen LogP) is 4.35. The Bertz CT molecular complexity index is 282. The monoisotopic (exact) mass is 258 g/mol. The van der Waals surface area contributed by atoms with Crippen LogP contribution in [0.3, 0.4) is 0 Å². The van der Waals surface area contributed by atoms with Crippen LogP contribution in [-0.4, -0.2) is 20.9 Å². The molecule has 0 saturated carbocycles. The van der Waals surface area contributed by atoms with Gasteiger partial charge in [0.1, 0.15) is 5.78 Å². The third-order valence-electron chi connectivity index (χ3n) is 1.98. The lowest BCUT2D eigenvalue weighted by Gasteiger charge is -2.27. The van der Waals surface area contributed by atoms with Crippen LogP contribution in [0.5, 0.6) is 0 Å². The van der Waals surface area contributed by atoms with Gasteiger partial charge in [-0.3, -0.25) is 4.79 Å². The highest BCUT2D eigenvalue weighted by atomic mass is 32.2. The minimum Gasteiger partial charge on any atom is -0.513 e. The second-order valence-electron chi connectivity index (χ2n) is 6.69. The van der Waals surface area contributed by atoms with Crippen LogP contribution in [0.4, 0.5) is 0 Å². The van der Waals surface area contributed by atoms with Crippen molar-refractivity contribution < 1.29 is 9.90 Å². The maximum absolute atomic E-state index is 12.2. The fraction of sp³-hybridized carbons (Fsp3) is 0.786. The number of thioether (sulfide) groups is 1. The molecule has 0 aliphatic carbocycles. The van der Waals surface area contributed by atoms with Crippen LogP contribution < -0.4 is 0 Å². The van der Waals surface area contributed by atoms with Crippen molar-refractivity contribution in [2.45, 2.75) is 64.4 Å². The van der Waals surface area contributed by atoms with Gasteiger partial charge in [-0.25, -0.2) is 0 Å². The Morgan fingerprint density at radius 2 is 1.71 bits per heavy atom. The van der Waals surface area contributed by atoms with Gasteiger partial charge in [-0.2, -0.15) is 0 Å². The SMILES string of the molecule is C=C(O)CC(SC(C)(C)C)C(=O)CC(C)(C)C. The molecule has 0 aliphatic rings. The van der Waals surface area contributed by atoms with Crippen molar-refractivity contribution in [2.75, 3.05) is 0 Å². The van der Waals surface area contributed by atoms with Crippen molar-refractivity contribution in [3.05, 3.63) is 12.3 Å². The molecule has 0 aliphatic heterocycles. The molecule has 0 heterocycles. The molecule has 2 nitrogen and oxygen atoms in total. The summed E-state index contributed by atoms with van der Waals surface area (Å²) in [4.78, 5) is 12.2. The predicted molar refractivity (Wildman–Crippen MR) is 76.6 cm³/mol. The number of ketones is 1. The summed E-state index contributed by atoms with van der Waals surface area (Å²) in [5, 5.41) is 9.12. The van der Waals surface area contributed by atoms with Crippen molar-refractivity contribution in [3.63, 3.8) is 0 Å².